The van der Waals surface area contributed by atoms with Crippen molar-refractivity contribution in [1.82, 2.24) is 9.88 Å². The third-order valence-electron chi connectivity index (χ3n) is 2.94. The van der Waals surface area contributed by atoms with Crippen molar-refractivity contribution in [2.45, 2.75) is 25.8 Å². The molecule has 0 bridgehead atoms. The lowest BCUT2D eigenvalue weighted by Crippen LogP contribution is -2.38. The van der Waals surface area contributed by atoms with E-state index in [0.717, 1.165) is 24.2 Å². The lowest BCUT2D eigenvalue weighted by molar-refractivity contribution is -0.122. The van der Waals surface area contributed by atoms with Crippen LogP contribution >= 0.6 is 23.7 Å². The van der Waals surface area contributed by atoms with E-state index in [0.29, 0.717) is 6.04 Å². The van der Waals surface area contributed by atoms with Gasteiger partial charge in [0.1, 0.15) is 0 Å². The van der Waals surface area contributed by atoms with Crippen LogP contribution in [0.2, 0.25) is 0 Å². The van der Waals surface area contributed by atoms with E-state index in [1.807, 2.05) is 23.2 Å². The van der Waals surface area contributed by atoms with Crippen LogP contribution in [0.5, 0.6) is 0 Å². The van der Waals surface area contributed by atoms with Crippen molar-refractivity contribution >= 4 is 29.7 Å². The van der Waals surface area contributed by atoms with E-state index < -0.39 is 0 Å². The van der Waals surface area contributed by atoms with Crippen LogP contribution in [0.15, 0.2) is 16.6 Å². The first-order chi connectivity index (χ1) is 7.66. The van der Waals surface area contributed by atoms with Gasteiger partial charge in [0.05, 0.1) is 0 Å². The smallest absolute Gasteiger partial charge is 0.251 e. The van der Waals surface area contributed by atoms with E-state index in [1.165, 1.54) is 11.3 Å². The highest BCUT2D eigenvalue weighted by Gasteiger charge is 2.24. The Hall–Kier alpha value is -0.650. The number of carbonyl (C=O) groups excluding carboxylic acids is 1. The first-order valence-electron chi connectivity index (χ1n) is 5.59. The highest BCUT2D eigenvalue weighted by molar-refractivity contribution is 7.07. The van der Waals surface area contributed by atoms with Crippen molar-refractivity contribution in [2.75, 3.05) is 6.54 Å². The number of aromatic nitrogens is 1. The molecule has 1 aliphatic rings. The summed E-state index contributed by atoms with van der Waals surface area (Å²) >= 11 is 1.50. The number of nitrogens with zero attached hydrogens (tertiary/aromatic N) is 2. The Labute approximate surface area is 111 Å². The molecule has 2 heterocycles. The molecule has 1 amide bonds. The molecule has 2 atom stereocenters. The molecule has 0 aromatic carbocycles. The Balaban J connectivity index is 0.00000144. The molecule has 1 saturated heterocycles. The zero-order valence-electron chi connectivity index (χ0n) is 10.0. The SMILES string of the molecule is C[C@H]1C[C@@H](C(=O)N=c2sccn2C)CCN1.Cl. The van der Waals surface area contributed by atoms with Gasteiger partial charge in [0.15, 0.2) is 4.80 Å². The molecule has 1 fully saturated rings. The van der Waals surface area contributed by atoms with Gasteiger partial charge in [-0.15, -0.1) is 23.7 Å². The topological polar surface area (TPSA) is 46.4 Å². The average molecular weight is 276 g/mol. The van der Waals surface area contributed by atoms with Gasteiger partial charge in [0, 0.05) is 30.6 Å². The van der Waals surface area contributed by atoms with E-state index in [4.69, 9.17) is 0 Å². The summed E-state index contributed by atoms with van der Waals surface area (Å²) in [6, 6.07) is 0.426. The van der Waals surface area contributed by atoms with Gasteiger partial charge in [-0.1, -0.05) is 0 Å². The minimum atomic E-state index is 0. The fraction of sp³-hybridized carbons (Fsp3) is 0.636. The van der Waals surface area contributed by atoms with Crippen molar-refractivity contribution in [1.29, 1.82) is 0 Å². The number of amides is 1. The fourth-order valence-corrected chi connectivity index (χ4v) is 2.71. The van der Waals surface area contributed by atoms with Gasteiger partial charge < -0.3 is 9.88 Å². The van der Waals surface area contributed by atoms with Crippen molar-refractivity contribution in [3.8, 4) is 0 Å². The lowest BCUT2D eigenvalue weighted by atomic mass is 9.93. The molecule has 0 radical (unpaired) electrons. The molecular weight excluding hydrogens is 258 g/mol. The molecule has 1 aliphatic heterocycles. The number of rotatable bonds is 1. The van der Waals surface area contributed by atoms with Crippen LogP contribution in [-0.2, 0) is 11.8 Å². The minimum Gasteiger partial charge on any atom is -0.327 e. The summed E-state index contributed by atoms with van der Waals surface area (Å²) in [6.45, 7) is 3.04. The molecular formula is C11H18ClN3OS. The number of hydrogen-bond acceptors (Lipinski definition) is 3. The number of carbonyl (C=O) groups is 1. The maximum atomic E-state index is 12.0. The number of halogens is 1. The first kappa shape index (κ1) is 14.4. The molecule has 17 heavy (non-hydrogen) atoms. The van der Waals surface area contributed by atoms with Crippen LogP contribution in [0, 0.1) is 5.92 Å². The molecule has 0 saturated carbocycles. The standard InChI is InChI=1S/C11H17N3OS.ClH/c1-8-7-9(3-4-12-8)10(15)13-11-14(2)5-6-16-11;/h5-6,8-9,12H,3-4,7H2,1-2H3;1H/t8-,9-;/m0./s1. The fourth-order valence-electron chi connectivity index (χ4n) is 1.98. The maximum absolute atomic E-state index is 12.0. The number of hydrogen-bond donors (Lipinski definition) is 1. The average Bonchev–Trinajstić information content (AvgIpc) is 2.64. The summed E-state index contributed by atoms with van der Waals surface area (Å²) in [6.07, 6.45) is 3.72. The Bertz CT molecular complexity index is 440. The normalized spacial score (nSPS) is 25.4. The third kappa shape index (κ3) is 3.66. The summed E-state index contributed by atoms with van der Waals surface area (Å²) < 4.78 is 1.88. The predicted molar refractivity (Wildman–Crippen MR) is 71.3 cm³/mol. The molecule has 1 N–H and O–H groups in total. The van der Waals surface area contributed by atoms with Crippen LogP contribution in [0.1, 0.15) is 19.8 Å². The monoisotopic (exact) mass is 275 g/mol. The molecule has 1 aromatic heterocycles. The van der Waals surface area contributed by atoms with E-state index in [1.54, 1.807) is 0 Å². The summed E-state index contributed by atoms with van der Waals surface area (Å²) in [5.41, 5.74) is 0. The second-order valence-electron chi connectivity index (χ2n) is 4.32. The lowest BCUT2D eigenvalue weighted by Gasteiger charge is -2.25. The molecule has 96 valence electrons. The Morgan fingerprint density at radius 1 is 1.65 bits per heavy atom. The highest BCUT2D eigenvalue weighted by atomic mass is 35.5. The Kier molecular flexibility index (Phi) is 5.36. The van der Waals surface area contributed by atoms with Crippen molar-refractivity contribution in [3.05, 3.63) is 16.4 Å². The minimum absolute atomic E-state index is 0. The van der Waals surface area contributed by atoms with Crippen LogP contribution in [0.3, 0.4) is 0 Å². The van der Waals surface area contributed by atoms with E-state index in [-0.39, 0.29) is 24.2 Å². The van der Waals surface area contributed by atoms with Crippen molar-refractivity contribution in [3.63, 3.8) is 0 Å². The van der Waals surface area contributed by atoms with Crippen LogP contribution in [0.4, 0.5) is 0 Å². The van der Waals surface area contributed by atoms with Gasteiger partial charge in [-0.2, -0.15) is 4.99 Å². The summed E-state index contributed by atoms with van der Waals surface area (Å²) in [5.74, 6) is 0.129. The zero-order valence-corrected chi connectivity index (χ0v) is 11.7. The molecule has 6 heteroatoms. The highest BCUT2D eigenvalue weighted by Crippen LogP contribution is 2.17. The Morgan fingerprint density at radius 3 is 3.00 bits per heavy atom. The second-order valence-corrected chi connectivity index (χ2v) is 5.20. The molecule has 2 rings (SSSR count). The second kappa shape index (κ2) is 6.33. The summed E-state index contributed by atoms with van der Waals surface area (Å²) in [5, 5.41) is 5.28. The van der Waals surface area contributed by atoms with Crippen LogP contribution in [0.25, 0.3) is 0 Å². The van der Waals surface area contributed by atoms with Crippen molar-refractivity contribution in [2.24, 2.45) is 18.0 Å². The van der Waals surface area contributed by atoms with Gasteiger partial charge in [-0.25, -0.2) is 0 Å². The van der Waals surface area contributed by atoms with E-state index >= 15 is 0 Å². The van der Waals surface area contributed by atoms with Gasteiger partial charge in [-0.05, 0) is 26.3 Å². The summed E-state index contributed by atoms with van der Waals surface area (Å²) in [4.78, 5) is 16.9. The molecule has 4 nitrogen and oxygen atoms in total. The summed E-state index contributed by atoms with van der Waals surface area (Å²) in [7, 11) is 1.91. The van der Waals surface area contributed by atoms with Gasteiger partial charge in [0.2, 0.25) is 0 Å². The van der Waals surface area contributed by atoms with Gasteiger partial charge in [-0.3, -0.25) is 4.79 Å². The zero-order chi connectivity index (χ0) is 11.5. The Morgan fingerprint density at radius 2 is 2.41 bits per heavy atom. The predicted octanol–water partition coefficient (Wildman–Crippen LogP) is 1.32. The number of thiazole rings is 1. The molecule has 0 unspecified atom stereocenters. The van der Waals surface area contributed by atoms with Gasteiger partial charge >= 0.3 is 0 Å². The largest absolute Gasteiger partial charge is 0.327 e. The number of aryl methyl sites for hydroxylation is 1. The molecule has 0 spiro atoms. The third-order valence-corrected chi connectivity index (χ3v) is 3.79. The van der Waals surface area contributed by atoms with Gasteiger partial charge in [0.25, 0.3) is 5.91 Å². The van der Waals surface area contributed by atoms with Crippen LogP contribution in [-0.4, -0.2) is 23.1 Å². The molecule has 0 aliphatic carbocycles. The van der Waals surface area contributed by atoms with E-state index in [2.05, 4.69) is 17.2 Å². The van der Waals surface area contributed by atoms with E-state index in [9.17, 15) is 4.79 Å². The molecule has 1 aromatic rings. The quantitative estimate of drug-likeness (QED) is 0.840. The van der Waals surface area contributed by atoms with Crippen LogP contribution < -0.4 is 10.1 Å². The maximum Gasteiger partial charge on any atom is 0.251 e. The first-order valence-corrected chi connectivity index (χ1v) is 6.47. The van der Waals surface area contributed by atoms with Crippen molar-refractivity contribution < 1.29 is 4.79 Å². The number of piperidine rings is 1. The number of nitrogens with one attached hydrogen (secondary N) is 1.